The number of rotatable bonds is 5. The van der Waals surface area contributed by atoms with Crippen LogP contribution in [-0.2, 0) is 14.3 Å². The first-order valence-corrected chi connectivity index (χ1v) is 8.04. The zero-order valence-corrected chi connectivity index (χ0v) is 12.0. The van der Waals surface area contributed by atoms with Gasteiger partial charge in [-0.2, -0.15) is 0 Å². The zero-order valence-electron chi connectivity index (χ0n) is 12.0. The Balaban J connectivity index is 1.27. The Bertz CT molecular complexity index is 375. The molecule has 20 heavy (non-hydrogen) atoms. The lowest BCUT2D eigenvalue weighted by Gasteiger charge is -2.23. The highest BCUT2D eigenvalue weighted by Gasteiger charge is 2.45. The number of likely N-dealkylation sites (tertiary alicyclic amines) is 1. The minimum absolute atomic E-state index is 0.184. The Labute approximate surface area is 120 Å². The van der Waals surface area contributed by atoms with Crippen molar-refractivity contribution in [2.45, 2.75) is 43.9 Å². The lowest BCUT2D eigenvalue weighted by Crippen LogP contribution is -2.44. The summed E-state index contributed by atoms with van der Waals surface area (Å²) < 4.78 is 11.4. The molecule has 0 bridgehead atoms. The number of nitrogens with zero attached hydrogens (tertiary/aromatic N) is 1. The average Bonchev–Trinajstić information content (AvgIpc) is 3.36. The van der Waals surface area contributed by atoms with E-state index in [1.807, 2.05) is 0 Å². The fraction of sp³-hybridized carbons (Fsp3) is 0.933. The monoisotopic (exact) mass is 280 g/mol. The highest BCUT2D eigenvalue weighted by Crippen LogP contribution is 2.44. The highest BCUT2D eigenvalue weighted by molar-refractivity contribution is 5.78. The molecule has 4 fully saturated rings. The summed E-state index contributed by atoms with van der Waals surface area (Å²) in [5.74, 6) is 1.30. The van der Waals surface area contributed by atoms with Gasteiger partial charge < -0.3 is 14.8 Å². The van der Waals surface area contributed by atoms with Gasteiger partial charge in [0, 0.05) is 19.0 Å². The van der Waals surface area contributed by atoms with Crippen molar-refractivity contribution in [3.05, 3.63) is 0 Å². The maximum atomic E-state index is 12.2. The summed E-state index contributed by atoms with van der Waals surface area (Å²) in [5, 5.41) is 3.28. The van der Waals surface area contributed by atoms with Gasteiger partial charge in [-0.15, -0.1) is 0 Å². The molecule has 0 aromatic heterocycles. The van der Waals surface area contributed by atoms with E-state index in [2.05, 4.69) is 10.2 Å². The van der Waals surface area contributed by atoms with Crippen LogP contribution in [0.15, 0.2) is 0 Å². The third-order valence-electron chi connectivity index (χ3n) is 5.04. The summed E-state index contributed by atoms with van der Waals surface area (Å²) in [6.07, 6.45) is 6.09. The third kappa shape index (κ3) is 2.71. The third-order valence-corrected chi connectivity index (χ3v) is 5.04. The zero-order chi connectivity index (χ0) is 13.6. The predicted octanol–water partition coefficient (Wildman–Crippen LogP) is 0.740. The molecule has 5 nitrogen and oxygen atoms in total. The maximum Gasteiger partial charge on any atom is 0.234 e. The molecular formula is C15H24N2O3. The van der Waals surface area contributed by atoms with E-state index >= 15 is 0 Å². The molecule has 1 spiro atoms. The minimum atomic E-state index is -0.410. The van der Waals surface area contributed by atoms with E-state index < -0.39 is 5.79 Å². The Kier molecular flexibility index (Phi) is 3.24. The van der Waals surface area contributed by atoms with Gasteiger partial charge in [-0.05, 0) is 37.5 Å². The van der Waals surface area contributed by atoms with Crippen LogP contribution in [0.3, 0.4) is 0 Å². The molecule has 2 aliphatic carbocycles. The lowest BCUT2D eigenvalue weighted by atomic mass is 10.1. The van der Waals surface area contributed by atoms with Crippen LogP contribution < -0.4 is 5.32 Å². The van der Waals surface area contributed by atoms with Gasteiger partial charge in [-0.3, -0.25) is 9.69 Å². The molecule has 2 saturated carbocycles. The normalized spacial score (nSPS) is 29.4. The molecule has 2 heterocycles. The van der Waals surface area contributed by atoms with Crippen molar-refractivity contribution in [2.24, 2.45) is 11.8 Å². The van der Waals surface area contributed by atoms with Gasteiger partial charge in [0.25, 0.3) is 0 Å². The second-order valence-corrected chi connectivity index (χ2v) is 6.84. The van der Waals surface area contributed by atoms with Gasteiger partial charge >= 0.3 is 0 Å². The van der Waals surface area contributed by atoms with E-state index in [0.717, 1.165) is 31.3 Å². The summed E-state index contributed by atoms with van der Waals surface area (Å²) in [6.45, 7) is 3.49. The van der Waals surface area contributed by atoms with Crippen molar-refractivity contribution in [2.75, 3.05) is 32.8 Å². The molecule has 1 N–H and O–H groups in total. The van der Waals surface area contributed by atoms with Crippen molar-refractivity contribution < 1.29 is 14.3 Å². The maximum absolute atomic E-state index is 12.2. The Morgan fingerprint density at radius 1 is 1.20 bits per heavy atom. The Morgan fingerprint density at radius 2 is 1.85 bits per heavy atom. The van der Waals surface area contributed by atoms with Gasteiger partial charge in [-0.25, -0.2) is 0 Å². The van der Waals surface area contributed by atoms with Crippen molar-refractivity contribution in [1.29, 1.82) is 0 Å². The van der Waals surface area contributed by atoms with Crippen LogP contribution in [0.25, 0.3) is 0 Å². The van der Waals surface area contributed by atoms with Gasteiger partial charge in [0.2, 0.25) is 5.91 Å². The molecule has 4 aliphatic rings. The lowest BCUT2D eigenvalue weighted by molar-refractivity contribution is -0.146. The molecule has 0 aromatic rings. The first-order chi connectivity index (χ1) is 9.74. The van der Waals surface area contributed by atoms with Crippen LogP contribution in [0.1, 0.15) is 32.1 Å². The molecular weight excluding hydrogens is 256 g/mol. The number of nitrogens with one attached hydrogen (secondary N) is 1. The van der Waals surface area contributed by atoms with Crippen molar-refractivity contribution >= 4 is 5.91 Å². The van der Waals surface area contributed by atoms with Gasteiger partial charge in [0.15, 0.2) is 5.79 Å². The minimum Gasteiger partial charge on any atom is -0.352 e. The Morgan fingerprint density at radius 3 is 2.45 bits per heavy atom. The molecule has 4 rings (SSSR count). The molecule has 2 saturated heterocycles. The first-order valence-electron chi connectivity index (χ1n) is 8.04. The molecule has 2 aliphatic heterocycles. The molecule has 0 unspecified atom stereocenters. The summed E-state index contributed by atoms with van der Waals surface area (Å²) in [4.78, 5) is 14.4. The molecule has 1 amide bonds. The van der Waals surface area contributed by atoms with E-state index in [9.17, 15) is 4.79 Å². The topological polar surface area (TPSA) is 50.8 Å². The van der Waals surface area contributed by atoms with Crippen LogP contribution in [0, 0.1) is 11.8 Å². The Hall–Kier alpha value is -0.650. The van der Waals surface area contributed by atoms with Crippen molar-refractivity contribution in [3.63, 3.8) is 0 Å². The fourth-order valence-corrected chi connectivity index (χ4v) is 3.66. The first kappa shape index (κ1) is 13.0. The van der Waals surface area contributed by atoms with Gasteiger partial charge in [0.1, 0.15) is 0 Å². The number of carbonyl (C=O) groups excluding carboxylic acids is 1. The second-order valence-electron chi connectivity index (χ2n) is 6.84. The standard InChI is InChI=1S/C15H24N2O3/c18-13(16-14(11-1-2-11)12-3-4-12)9-17-6-5-15(10-17)19-7-8-20-15/h11-12,14H,1-10H2,(H,16,18). The molecule has 0 atom stereocenters. The van der Waals surface area contributed by atoms with Crippen LogP contribution in [0.2, 0.25) is 0 Å². The van der Waals surface area contributed by atoms with Gasteiger partial charge in [0.05, 0.1) is 26.3 Å². The summed E-state index contributed by atoms with van der Waals surface area (Å²) in [7, 11) is 0. The number of carbonyl (C=O) groups is 1. The van der Waals surface area contributed by atoms with E-state index in [1.54, 1.807) is 0 Å². The van der Waals surface area contributed by atoms with Crippen LogP contribution in [0.5, 0.6) is 0 Å². The number of ether oxygens (including phenoxy) is 2. The van der Waals surface area contributed by atoms with E-state index in [-0.39, 0.29) is 5.91 Å². The van der Waals surface area contributed by atoms with Crippen LogP contribution in [-0.4, -0.2) is 55.5 Å². The SMILES string of the molecule is O=C(CN1CCC2(C1)OCCO2)NC(C1CC1)C1CC1. The number of hydrogen-bond acceptors (Lipinski definition) is 4. The molecule has 112 valence electrons. The highest BCUT2D eigenvalue weighted by atomic mass is 16.7. The quantitative estimate of drug-likeness (QED) is 0.807. The fourth-order valence-electron chi connectivity index (χ4n) is 3.66. The van der Waals surface area contributed by atoms with E-state index in [1.165, 1.54) is 25.7 Å². The van der Waals surface area contributed by atoms with Crippen molar-refractivity contribution in [3.8, 4) is 0 Å². The predicted molar refractivity (Wildman–Crippen MR) is 73.1 cm³/mol. The largest absolute Gasteiger partial charge is 0.352 e. The van der Waals surface area contributed by atoms with Gasteiger partial charge in [-0.1, -0.05) is 0 Å². The summed E-state index contributed by atoms with van der Waals surface area (Å²) in [5.41, 5.74) is 0. The molecule has 5 heteroatoms. The smallest absolute Gasteiger partial charge is 0.234 e. The molecule has 0 radical (unpaired) electrons. The van der Waals surface area contributed by atoms with Crippen molar-refractivity contribution in [1.82, 2.24) is 10.2 Å². The summed E-state index contributed by atoms with van der Waals surface area (Å²) in [6, 6.07) is 0.457. The summed E-state index contributed by atoms with van der Waals surface area (Å²) >= 11 is 0. The van der Waals surface area contributed by atoms with E-state index in [0.29, 0.717) is 25.8 Å². The van der Waals surface area contributed by atoms with Crippen LogP contribution in [0.4, 0.5) is 0 Å². The van der Waals surface area contributed by atoms with E-state index in [4.69, 9.17) is 9.47 Å². The second kappa shape index (κ2) is 4.97. The average molecular weight is 280 g/mol. The van der Waals surface area contributed by atoms with Crippen LogP contribution >= 0.6 is 0 Å². The number of hydrogen-bond donors (Lipinski definition) is 1. The number of amides is 1. The molecule has 0 aromatic carbocycles.